The predicted octanol–water partition coefficient (Wildman–Crippen LogP) is 2.83. The summed E-state index contributed by atoms with van der Waals surface area (Å²) in [5.41, 5.74) is 6.63. The number of fused-ring (bicyclic) bond motifs is 2. The molecule has 2 N–H and O–H groups in total. The number of likely N-dealkylation sites (N-methyl/N-ethyl adjacent to an activating group) is 1. The van der Waals surface area contributed by atoms with Gasteiger partial charge in [-0.25, -0.2) is 9.78 Å². The molecule has 4 amide bonds. The van der Waals surface area contributed by atoms with E-state index in [0.29, 0.717) is 31.7 Å². The fourth-order valence-electron chi connectivity index (χ4n) is 6.69. The van der Waals surface area contributed by atoms with Crippen molar-refractivity contribution in [3.63, 3.8) is 0 Å². The van der Waals surface area contributed by atoms with E-state index in [1.165, 1.54) is 11.3 Å². The Morgan fingerprint density at radius 3 is 2.64 bits per heavy atom. The standard InChI is InChI=1S/C27H28N6O3/c1-31-20-6-4-7-21-24(20)15(5-3-8-23(31)34)13-33(21)14-22-28-18-9-16-11-27(12-17(16)10-19(18)29-22)25(35)30-26(36)32(27)2/h4,6-7,9-10,15H,3,5,8,11-14H2,1-2H3,(H,28,29)(H,30,35,36). The Balaban J connectivity index is 1.18. The Kier molecular flexibility index (Phi) is 4.35. The molecule has 2 atom stereocenters. The van der Waals surface area contributed by atoms with Crippen molar-refractivity contribution in [3.8, 4) is 0 Å². The van der Waals surface area contributed by atoms with Gasteiger partial charge in [-0.05, 0) is 48.2 Å². The van der Waals surface area contributed by atoms with E-state index >= 15 is 0 Å². The molecule has 7 rings (SSSR count). The lowest BCUT2D eigenvalue weighted by Crippen LogP contribution is -2.48. The number of benzene rings is 2. The van der Waals surface area contributed by atoms with Crippen LogP contribution in [0, 0.1) is 0 Å². The van der Waals surface area contributed by atoms with Crippen LogP contribution in [0.25, 0.3) is 11.0 Å². The van der Waals surface area contributed by atoms with Crippen molar-refractivity contribution in [2.24, 2.45) is 0 Å². The number of nitrogens with zero attached hydrogens (tertiary/aromatic N) is 4. The van der Waals surface area contributed by atoms with Gasteiger partial charge in [0.1, 0.15) is 11.4 Å². The first-order valence-electron chi connectivity index (χ1n) is 12.6. The molecule has 9 heteroatoms. The average molecular weight is 485 g/mol. The van der Waals surface area contributed by atoms with Gasteiger partial charge in [-0.3, -0.25) is 14.9 Å². The Bertz CT molecular complexity index is 1430. The minimum absolute atomic E-state index is 0.179. The summed E-state index contributed by atoms with van der Waals surface area (Å²) in [6.45, 7) is 1.58. The van der Waals surface area contributed by atoms with Crippen molar-refractivity contribution < 1.29 is 14.4 Å². The van der Waals surface area contributed by atoms with Crippen LogP contribution in [0.3, 0.4) is 0 Å². The summed E-state index contributed by atoms with van der Waals surface area (Å²) in [6, 6.07) is 10.1. The van der Waals surface area contributed by atoms with Gasteiger partial charge in [-0.2, -0.15) is 0 Å². The highest BCUT2D eigenvalue weighted by atomic mass is 16.2. The van der Waals surface area contributed by atoms with Crippen molar-refractivity contribution >= 4 is 40.3 Å². The second-order valence-corrected chi connectivity index (χ2v) is 10.7. The van der Waals surface area contributed by atoms with Gasteiger partial charge in [0, 0.05) is 62.8 Å². The third-order valence-electron chi connectivity index (χ3n) is 8.68. The summed E-state index contributed by atoms with van der Waals surface area (Å²) < 4.78 is 0. The molecule has 2 aromatic carbocycles. The van der Waals surface area contributed by atoms with Crippen LogP contribution >= 0.6 is 0 Å². The third-order valence-corrected chi connectivity index (χ3v) is 8.68. The van der Waals surface area contributed by atoms with E-state index in [2.05, 4.69) is 39.5 Å². The quantitative estimate of drug-likeness (QED) is 0.545. The molecular weight excluding hydrogens is 456 g/mol. The molecule has 1 spiro atoms. The Labute approximate surface area is 208 Å². The number of aromatic amines is 1. The highest BCUT2D eigenvalue weighted by Crippen LogP contribution is 2.46. The topological polar surface area (TPSA) is 102 Å². The third kappa shape index (κ3) is 2.88. The van der Waals surface area contributed by atoms with Crippen molar-refractivity contribution in [1.29, 1.82) is 0 Å². The van der Waals surface area contributed by atoms with E-state index in [1.807, 2.05) is 18.0 Å². The summed E-state index contributed by atoms with van der Waals surface area (Å²) in [4.78, 5) is 51.3. The molecule has 1 aromatic heterocycles. The normalized spacial score (nSPS) is 22.3. The zero-order valence-corrected chi connectivity index (χ0v) is 20.4. The van der Waals surface area contributed by atoms with Crippen LogP contribution in [-0.2, 0) is 29.0 Å². The van der Waals surface area contributed by atoms with Crippen LogP contribution in [0.15, 0.2) is 30.3 Å². The number of imide groups is 1. The molecule has 3 aliphatic heterocycles. The first kappa shape index (κ1) is 21.4. The number of imidazole rings is 1. The maximum atomic E-state index is 12.6. The molecule has 184 valence electrons. The first-order chi connectivity index (χ1) is 17.3. The smallest absolute Gasteiger partial charge is 0.324 e. The summed E-state index contributed by atoms with van der Waals surface area (Å²) in [6.07, 6.45) is 3.53. The predicted molar refractivity (Wildman–Crippen MR) is 135 cm³/mol. The van der Waals surface area contributed by atoms with E-state index in [9.17, 15) is 14.4 Å². The molecule has 36 heavy (non-hydrogen) atoms. The van der Waals surface area contributed by atoms with Gasteiger partial charge in [0.2, 0.25) is 5.91 Å². The summed E-state index contributed by atoms with van der Waals surface area (Å²) in [5, 5.41) is 2.45. The van der Waals surface area contributed by atoms with Gasteiger partial charge in [0.05, 0.1) is 17.6 Å². The Morgan fingerprint density at radius 1 is 1.08 bits per heavy atom. The van der Waals surface area contributed by atoms with Gasteiger partial charge < -0.3 is 19.7 Å². The molecule has 2 unspecified atom stereocenters. The number of nitrogens with one attached hydrogen (secondary N) is 2. The molecule has 0 bridgehead atoms. The summed E-state index contributed by atoms with van der Waals surface area (Å²) >= 11 is 0. The zero-order chi connectivity index (χ0) is 24.8. The molecule has 9 nitrogen and oxygen atoms in total. The maximum absolute atomic E-state index is 12.6. The van der Waals surface area contributed by atoms with Crippen molar-refractivity contribution in [2.75, 3.05) is 30.4 Å². The van der Waals surface area contributed by atoms with Gasteiger partial charge in [-0.1, -0.05) is 6.07 Å². The monoisotopic (exact) mass is 484 g/mol. The Hall–Kier alpha value is -3.88. The second kappa shape index (κ2) is 7.32. The number of hydrogen-bond donors (Lipinski definition) is 2. The molecule has 1 saturated heterocycles. The van der Waals surface area contributed by atoms with Crippen molar-refractivity contribution in [1.82, 2.24) is 20.2 Å². The number of hydrogen-bond acceptors (Lipinski definition) is 5. The van der Waals surface area contributed by atoms with Crippen LogP contribution in [0.4, 0.5) is 16.2 Å². The lowest BCUT2D eigenvalue weighted by Gasteiger charge is -2.27. The van der Waals surface area contributed by atoms with Crippen LogP contribution in [-0.4, -0.2) is 58.9 Å². The number of aromatic nitrogens is 2. The van der Waals surface area contributed by atoms with Crippen LogP contribution in [0.2, 0.25) is 0 Å². The lowest BCUT2D eigenvalue weighted by atomic mass is 9.91. The molecular formula is C27H28N6O3. The highest BCUT2D eigenvalue weighted by Gasteiger charge is 2.54. The van der Waals surface area contributed by atoms with Crippen molar-refractivity contribution in [3.05, 3.63) is 52.8 Å². The first-order valence-corrected chi connectivity index (χ1v) is 12.6. The van der Waals surface area contributed by atoms with Gasteiger partial charge in [0.15, 0.2) is 0 Å². The van der Waals surface area contributed by atoms with E-state index in [-0.39, 0.29) is 17.8 Å². The minimum atomic E-state index is -0.828. The lowest BCUT2D eigenvalue weighted by molar-refractivity contribution is -0.125. The fourth-order valence-corrected chi connectivity index (χ4v) is 6.69. The number of urea groups is 1. The molecule has 0 saturated carbocycles. The van der Waals surface area contributed by atoms with Gasteiger partial charge in [-0.15, -0.1) is 0 Å². The Morgan fingerprint density at radius 2 is 1.86 bits per heavy atom. The number of amides is 4. The van der Waals surface area contributed by atoms with Crippen LogP contribution in [0.5, 0.6) is 0 Å². The molecule has 0 radical (unpaired) electrons. The molecule has 1 fully saturated rings. The van der Waals surface area contributed by atoms with E-state index in [4.69, 9.17) is 4.98 Å². The largest absolute Gasteiger partial charge is 0.363 e. The van der Waals surface area contributed by atoms with Crippen LogP contribution < -0.4 is 15.1 Å². The zero-order valence-electron chi connectivity index (χ0n) is 20.4. The number of anilines is 2. The number of rotatable bonds is 2. The number of carbonyl (C=O) groups is 3. The minimum Gasteiger partial charge on any atom is -0.363 e. The fraction of sp³-hybridized carbons (Fsp3) is 0.407. The summed E-state index contributed by atoms with van der Waals surface area (Å²) in [7, 11) is 3.57. The molecule has 1 aliphatic carbocycles. The van der Waals surface area contributed by atoms with Gasteiger partial charge in [0.25, 0.3) is 5.91 Å². The summed E-state index contributed by atoms with van der Waals surface area (Å²) in [5.74, 6) is 1.26. The SMILES string of the molecule is CN1C(=O)CCCC2CN(Cc3nc4cc5c(cc4[nH]3)CC3(C5)C(=O)NC(=O)N3C)c3cccc1c32. The van der Waals surface area contributed by atoms with Crippen LogP contribution in [0.1, 0.15) is 47.7 Å². The molecule has 4 aliphatic rings. The number of H-pyrrole nitrogens is 1. The van der Waals surface area contributed by atoms with E-state index in [0.717, 1.165) is 53.1 Å². The van der Waals surface area contributed by atoms with Gasteiger partial charge >= 0.3 is 6.03 Å². The number of carbonyl (C=O) groups excluding carboxylic acids is 3. The maximum Gasteiger partial charge on any atom is 0.324 e. The average Bonchev–Trinajstić information content (AvgIpc) is 3.57. The van der Waals surface area contributed by atoms with E-state index < -0.39 is 5.54 Å². The highest BCUT2D eigenvalue weighted by molar-refractivity contribution is 6.08. The van der Waals surface area contributed by atoms with E-state index in [1.54, 1.807) is 11.9 Å². The van der Waals surface area contributed by atoms with Crippen molar-refractivity contribution in [2.45, 2.75) is 50.1 Å². The molecule has 4 heterocycles. The second-order valence-electron chi connectivity index (χ2n) is 10.7. The molecule has 3 aromatic rings.